The number of fused-ring (bicyclic) bond motifs is 1. The Morgan fingerprint density at radius 1 is 0.679 bits per heavy atom. The highest BCUT2D eigenvalue weighted by atomic mass is 28.4. The fraction of sp³-hybridized carbons (Fsp3) is 0.585. The molecule has 0 spiro atoms. The summed E-state index contributed by atoms with van der Waals surface area (Å²) in [5.41, 5.74) is 4.25. The molecule has 0 saturated carbocycles. The number of rotatable bonds is 11. The summed E-state index contributed by atoms with van der Waals surface area (Å²) in [5.74, 6) is 0.946. The van der Waals surface area contributed by atoms with Gasteiger partial charge in [-0.2, -0.15) is 4.98 Å². The van der Waals surface area contributed by atoms with Crippen molar-refractivity contribution >= 4 is 36.1 Å². The minimum Gasteiger partial charge on any atom is -0.479 e. The Labute approximate surface area is 321 Å². The number of benzene rings is 2. The van der Waals surface area contributed by atoms with Gasteiger partial charge >= 0.3 is 0 Å². The average Bonchev–Trinajstić information content (AvgIpc) is 3.62. The van der Waals surface area contributed by atoms with Crippen molar-refractivity contribution in [1.82, 2.24) is 19.5 Å². The number of methoxy groups -OCH3 is 1. The van der Waals surface area contributed by atoms with E-state index >= 15 is 0 Å². The maximum absolute atomic E-state index is 7.43. The van der Waals surface area contributed by atoms with Gasteiger partial charge in [-0.1, -0.05) is 111 Å². The van der Waals surface area contributed by atoms with Crippen LogP contribution in [0.2, 0.25) is 54.4 Å². The largest absolute Gasteiger partial charge is 0.479 e. The van der Waals surface area contributed by atoms with Crippen LogP contribution >= 0.6 is 0 Å². The molecule has 0 amide bonds. The zero-order valence-electron chi connectivity index (χ0n) is 35.1. The predicted molar refractivity (Wildman–Crippen MR) is 224 cm³/mol. The molecule has 4 aromatic rings. The summed E-state index contributed by atoms with van der Waals surface area (Å²) in [6.45, 7) is 34.6. The van der Waals surface area contributed by atoms with E-state index in [1.54, 1.807) is 13.4 Å². The van der Waals surface area contributed by atoms with E-state index < -0.39 is 37.3 Å². The van der Waals surface area contributed by atoms with Crippen LogP contribution in [0.4, 0.5) is 0 Å². The van der Waals surface area contributed by atoms with Crippen molar-refractivity contribution < 1.29 is 22.8 Å². The summed E-state index contributed by atoms with van der Waals surface area (Å²) >= 11 is 0. The van der Waals surface area contributed by atoms with Gasteiger partial charge < -0.3 is 22.8 Å². The Morgan fingerprint density at radius 2 is 1.23 bits per heavy atom. The van der Waals surface area contributed by atoms with Crippen molar-refractivity contribution in [3.8, 4) is 28.4 Å². The number of hydrogen-bond donors (Lipinski definition) is 0. The summed E-state index contributed by atoms with van der Waals surface area (Å²) in [5, 5.41) is -0.0306. The zero-order chi connectivity index (χ0) is 39.4. The Morgan fingerprint density at radius 3 is 1.79 bits per heavy atom. The lowest BCUT2D eigenvalue weighted by atomic mass is 10.0. The second-order valence-corrected chi connectivity index (χ2v) is 33.5. The molecule has 1 saturated heterocycles. The van der Waals surface area contributed by atoms with Gasteiger partial charge in [0.15, 0.2) is 48.2 Å². The first-order valence-electron chi connectivity index (χ1n) is 19.0. The van der Waals surface area contributed by atoms with E-state index in [0.29, 0.717) is 29.5 Å². The van der Waals surface area contributed by atoms with Crippen LogP contribution in [0.25, 0.3) is 33.7 Å². The fourth-order valence-electron chi connectivity index (χ4n) is 5.69. The van der Waals surface area contributed by atoms with Gasteiger partial charge in [0.25, 0.3) is 0 Å². The third kappa shape index (κ3) is 8.58. The lowest BCUT2D eigenvalue weighted by molar-refractivity contribution is -0.0470. The molecular weight excluding hydrogens is 713 g/mol. The highest BCUT2D eigenvalue weighted by Crippen LogP contribution is 2.47. The van der Waals surface area contributed by atoms with Crippen LogP contribution in [0.1, 0.15) is 68.5 Å². The molecule has 4 atom stereocenters. The van der Waals surface area contributed by atoms with Crippen molar-refractivity contribution in [3.63, 3.8) is 0 Å². The molecule has 2 aromatic heterocycles. The molecule has 290 valence electrons. The first-order valence-corrected chi connectivity index (χ1v) is 27.7. The van der Waals surface area contributed by atoms with Gasteiger partial charge in [0.1, 0.15) is 18.3 Å². The average molecular weight is 777 g/mol. The van der Waals surface area contributed by atoms with Crippen LogP contribution in [0, 0.1) is 0 Å². The standard InChI is InChI=1S/C41H64N4O5Si3/c1-39(2,3)51(11,12)47-26-31-33(49-52(13,14)40(4,5)6)34(50-53(15,16)41(7,8)9)38(48-31)45-27-42-32-36(45)43-35(44-37(32)46-10)30-24-20-23-29(25-30)28-21-18-17-19-22-28/h17-25,27,31,33-34,38H,26H2,1-16H3/t31-,33-,34-,38-/m1/s1. The van der Waals surface area contributed by atoms with E-state index in [1.807, 2.05) is 34.9 Å². The van der Waals surface area contributed by atoms with Gasteiger partial charge in [-0.25, -0.2) is 9.97 Å². The highest BCUT2D eigenvalue weighted by molar-refractivity contribution is 6.75. The van der Waals surface area contributed by atoms with Crippen molar-refractivity contribution in [2.45, 2.75) is 141 Å². The smallest absolute Gasteiger partial charge is 0.245 e. The van der Waals surface area contributed by atoms with Crippen LogP contribution in [0.15, 0.2) is 60.9 Å². The van der Waals surface area contributed by atoms with E-state index in [2.05, 4.69) is 126 Å². The lowest BCUT2D eigenvalue weighted by Crippen LogP contribution is -2.54. The first-order chi connectivity index (χ1) is 24.4. The van der Waals surface area contributed by atoms with Gasteiger partial charge in [0.05, 0.1) is 20.0 Å². The Hall–Kier alpha value is -2.72. The second kappa shape index (κ2) is 14.7. The lowest BCUT2D eigenvalue weighted by Gasteiger charge is -2.44. The van der Waals surface area contributed by atoms with E-state index in [0.717, 1.165) is 16.7 Å². The maximum Gasteiger partial charge on any atom is 0.245 e. The minimum atomic E-state index is -2.36. The molecule has 0 unspecified atom stereocenters. The summed E-state index contributed by atoms with van der Waals surface area (Å²) in [6.07, 6.45) is 0.0182. The molecule has 12 heteroatoms. The van der Waals surface area contributed by atoms with Crippen molar-refractivity contribution in [2.24, 2.45) is 0 Å². The fourth-order valence-corrected chi connectivity index (χ4v) is 9.31. The molecule has 0 bridgehead atoms. The van der Waals surface area contributed by atoms with Crippen LogP contribution in [-0.2, 0) is 18.0 Å². The summed E-state index contributed by atoms with van der Waals surface area (Å²) in [6, 6.07) is 18.6. The second-order valence-electron chi connectivity index (χ2n) is 19.1. The van der Waals surface area contributed by atoms with Crippen LogP contribution in [-0.4, -0.2) is 76.5 Å². The van der Waals surface area contributed by atoms with E-state index in [-0.39, 0.29) is 27.3 Å². The minimum absolute atomic E-state index is 0.0249. The number of aromatic nitrogens is 4. The molecule has 0 radical (unpaired) electrons. The van der Waals surface area contributed by atoms with Gasteiger partial charge in [-0.3, -0.25) is 4.57 Å². The normalized spacial score (nSPS) is 20.7. The molecule has 0 aliphatic carbocycles. The molecule has 1 aliphatic heterocycles. The Balaban J connectivity index is 1.67. The summed E-state index contributed by atoms with van der Waals surface area (Å²) in [7, 11) is -5.18. The number of nitrogens with zero attached hydrogens (tertiary/aromatic N) is 4. The molecule has 1 aliphatic rings. The van der Waals surface area contributed by atoms with Crippen molar-refractivity contribution in [3.05, 3.63) is 60.9 Å². The molecule has 0 N–H and O–H groups in total. The monoisotopic (exact) mass is 776 g/mol. The van der Waals surface area contributed by atoms with Gasteiger partial charge in [0, 0.05) is 5.56 Å². The van der Waals surface area contributed by atoms with Crippen LogP contribution in [0.5, 0.6) is 5.88 Å². The molecule has 3 heterocycles. The maximum atomic E-state index is 7.43. The molecule has 53 heavy (non-hydrogen) atoms. The first kappa shape index (κ1) is 41.4. The topological polar surface area (TPSA) is 89.8 Å². The zero-order valence-corrected chi connectivity index (χ0v) is 38.1. The van der Waals surface area contributed by atoms with Crippen molar-refractivity contribution in [1.29, 1.82) is 0 Å². The van der Waals surface area contributed by atoms with Gasteiger partial charge in [0.2, 0.25) is 5.88 Å². The van der Waals surface area contributed by atoms with Crippen molar-refractivity contribution in [2.75, 3.05) is 13.7 Å². The van der Waals surface area contributed by atoms with E-state index in [1.165, 1.54) is 0 Å². The third-order valence-electron chi connectivity index (χ3n) is 12.3. The predicted octanol–water partition coefficient (Wildman–Crippen LogP) is 10.9. The van der Waals surface area contributed by atoms with E-state index in [4.69, 9.17) is 37.7 Å². The quantitative estimate of drug-likeness (QED) is 0.139. The number of hydrogen-bond acceptors (Lipinski definition) is 8. The van der Waals surface area contributed by atoms with E-state index in [9.17, 15) is 0 Å². The Bertz CT molecular complexity index is 1880. The number of ether oxygens (including phenoxy) is 2. The molecule has 1 fully saturated rings. The highest BCUT2D eigenvalue weighted by Gasteiger charge is 2.55. The van der Waals surface area contributed by atoms with Gasteiger partial charge in [-0.05, 0) is 71.6 Å². The summed E-state index contributed by atoms with van der Waals surface area (Å²) < 4.78 is 36.8. The molecule has 2 aromatic carbocycles. The van der Waals surface area contributed by atoms with Crippen LogP contribution < -0.4 is 4.74 Å². The van der Waals surface area contributed by atoms with Crippen LogP contribution in [0.3, 0.4) is 0 Å². The molecule has 5 rings (SSSR count). The number of imidazole rings is 1. The Kier molecular flexibility index (Phi) is 11.5. The SMILES string of the molecule is COc1nc(-c2cccc(-c3ccccc3)c2)nc2c1ncn2[C@@H]1O[C@H](CO[Si](C)(C)C(C)(C)C)[C@@H](O[Si](C)(C)C(C)(C)C)[C@H]1O[Si](C)(C)C(C)(C)C. The van der Waals surface area contributed by atoms with Gasteiger partial charge in [-0.15, -0.1) is 0 Å². The molecule has 9 nitrogen and oxygen atoms in total. The summed E-state index contributed by atoms with van der Waals surface area (Å²) in [4.78, 5) is 14.9. The third-order valence-corrected chi connectivity index (χ3v) is 25.7. The molecular formula is C41H64N4O5Si3.